The van der Waals surface area contributed by atoms with Gasteiger partial charge in [-0.25, -0.2) is 0 Å². The summed E-state index contributed by atoms with van der Waals surface area (Å²) in [6, 6.07) is 10.2. The van der Waals surface area contributed by atoms with E-state index in [0.717, 1.165) is 12.2 Å². The Morgan fingerprint density at radius 2 is 2.00 bits per heavy atom. The van der Waals surface area contributed by atoms with E-state index in [1.807, 2.05) is 32.0 Å². The van der Waals surface area contributed by atoms with E-state index in [0.29, 0.717) is 0 Å². The van der Waals surface area contributed by atoms with Crippen molar-refractivity contribution in [3.63, 3.8) is 0 Å². The molecule has 0 aliphatic heterocycles. The van der Waals surface area contributed by atoms with Crippen molar-refractivity contribution in [2.75, 3.05) is 5.75 Å². The maximum Gasteiger partial charge on any atom is 0.234 e. The molecule has 0 spiro atoms. The predicted octanol–water partition coefficient (Wildman–Crippen LogP) is 2.02. The van der Waals surface area contributed by atoms with E-state index in [-0.39, 0.29) is 18.0 Å². The molecule has 0 heterocycles. The minimum absolute atomic E-state index is 0.230. The molecule has 0 aliphatic rings. The van der Waals surface area contributed by atoms with Crippen molar-refractivity contribution in [1.29, 1.82) is 0 Å². The molecule has 0 radical (unpaired) electrons. The smallest absolute Gasteiger partial charge is 0.234 e. The molecular formula is C13H20N2OS. The lowest BCUT2D eigenvalue weighted by Crippen LogP contribution is -2.44. The van der Waals surface area contributed by atoms with Crippen LogP contribution in [0.3, 0.4) is 0 Å². The number of hydrogen-bond acceptors (Lipinski definition) is 3. The molecule has 1 unspecified atom stereocenters. The van der Waals surface area contributed by atoms with Gasteiger partial charge in [-0.2, -0.15) is 0 Å². The van der Waals surface area contributed by atoms with Crippen molar-refractivity contribution in [2.24, 2.45) is 5.73 Å². The van der Waals surface area contributed by atoms with E-state index in [4.69, 9.17) is 5.73 Å². The van der Waals surface area contributed by atoms with Gasteiger partial charge in [0.1, 0.15) is 0 Å². The first-order chi connectivity index (χ1) is 8.09. The van der Waals surface area contributed by atoms with Crippen LogP contribution in [-0.4, -0.2) is 23.7 Å². The van der Waals surface area contributed by atoms with E-state index in [9.17, 15) is 4.79 Å². The average Bonchev–Trinajstić information content (AvgIpc) is 2.28. The summed E-state index contributed by atoms with van der Waals surface area (Å²) in [5.74, 6) is 0.615. The van der Waals surface area contributed by atoms with Crippen molar-refractivity contribution in [3.8, 4) is 0 Å². The highest BCUT2D eigenvalue weighted by atomic mass is 32.2. The summed E-state index contributed by atoms with van der Waals surface area (Å²) in [7, 11) is 0. The molecule has 3 N–H and O–H groups in total. The fraction of sp³-hybridized carbons (Fsp3) is 0.462. The lowest BCUT2D eigenvalue weighted by molar-refractivity contribution is -0.120. The zero-order valence-electron chi connectivity index (χ0n) is 10.3. The number of benzene rings is 1. The Hall–Kier alpha value is -1.00. The largest absolute Gasteiger partial charge is 0.368 e. The number of nitrogens with one attached hydrogen (secondary N) is 1. The predicted molar refractivity (Wildman–Crippen MR) is 73.0 cm³/mol. The van der Waals surface area contributed by atoms with Gasteiger partial charge in [-0.1, -0.05) is 32.0 Å². The van der Waals surface area contributed by atoms with Crippen LogP contribution < -0.4 is 11.1 Å². The fourth-order valence-corrected chi connectivity index (χ4v) is 2.46. The molecule has 0 aliphatic carbocycles. The Morgan fingerprint density at radius 3 is 2.53 bits per heavy atom. The Bertz CT molecular complexity index is 341. The first-order valence-corrected chi connectivity index (χ1v) is 6.81. The van der Waals surface area contributed by atoms with Gasteiger partial charge < -0.3 is 11.1 Å². The molecule has 0 saturated heterocycles. The molecule has 4 heteroatoms. The van der Waals surface area contributed by atoms with Crippen molar-refractivity contribution in [2.45, 2.75) is 37.2 Å². The first-order valence-electron chi connectivity index (χ1n) is 5.83. The Morgan fingerprint density at radius 1 is 1.35 bits per heavy atom. The third-order valence-corrected chi connectivity index (χ3v) is 3.34. The normalized spacial score (nSPS) is 12.6. The molecule has 0 fully saturated rings. The molecule has 1 rings (SSSR count). The van der Waals surface area contributed by atoms with Crippen LogP contribution in [0, 0.1) is 0 Å². The number of carbonyl (C=O) groups is 1. The van der Waals surface area contributed by atoms with Crippen LogP contribution in [0.25, 0.3) is 0 Å². The van der Waals surface area contributed by atoms with Gasteiger partial charge in [0.15, 0.2) is 0 Å². The minimum atomic E-state index is -0.271. The molecule has 1 aromatic carbocycles. The van der Waals surface area contributed by atoms with Crippen molar-refractivity contribution >= 4 is 17.7 Å². The molecule has 1 amide bonds. The number of nitrogens with two attached hydrogens (primary N) is 1. The molecule has 94 valence electrons. The minimum Gasteiger partial charge on any atom is -0.368 e. The van der Waals surface area contributed by atoms with E-state index < -0.39 is 0 Å². The summed E-state index contributed by atoms with van der Waals surface area (Å²) < 4.78 is 0. The van der Waals surface area contributed by atoms with Crippen LogP contribution in [0.15, 0.2) is 35.2 Å². The van der Waals surface area contributed by atoms with Gasteiger partial charge in [0.2, 0.25) is 5.91 Å². The lowest BCUT2D eigenvalue weighted by atomic mass is 10.2. The highest BCUT2D eigenvalue weighted by molar-refractivity contribution is 7.99. The van der Waals surface area contributed by atoms with Gasteiger partial charge in [-0.3, -0.25) is 4.79 Å². The second-order valence-electron chi connectivity index (χ2n) is 4.23. The number of thioether (sulfide) groups is 1. The number of amides is 1. The van der Waals surface area contributed by atoms with Gasteiger partial charge in [-0.05, 0) is 24.3 Å². The highest BCUT2D eigenvalue weighted by Crippen LogP contribution is 2.18. The molecule has 1 aromatic rings. The summed E-state index contributed by atoms with van der Waals surface area (Å²) in [5, 5.41) is 3.18. The zero-order valence-corrected chi connectivity index (χ0v) is 11.2. The summed E-state index contributed by atoms with van der Waals surface area (Å²) in [6.07, 6.45) is 0.757. The van der Waals surface area contributed by atoms with Crippen LogP contribution in [0.4, 0.5) is 0 Å². The third-order valence-electron chi connectivity index (χ3n) is 2.30. The maximum atomic E-state index is 11.2. The number of carbonyl (C=O) groups excluding carboxylic acids is 1. The summed E-state index contributed by atoms with van der Waals surface area (Å²) in [5.41, 5.74) is 5.35. The molecule has 1 atom stereocenters. The summed E-state index contributed by atoms with van der Waals surface area (Å²) in [4.78, 5) is 12.5. The van der Waals surface area contributed by atoms with Gasteiger partial charge in [0.05, 0.1) is 6.04 Å². The standard InChI is InChI=1S/C13H20N2OS/c1-10(2)15-12(13(14)16)8-9-17-11-6-4-3-5-7-11/h3-7,10,12,15H,8-9H2,1-2H3,(H2,14,16). The van der Waals surface area contributed by atoms with Crippen molar-refractivity contribution < 1.29 is 4.79 Å². The quantitative estimate of drug-likeness (QED) is 0.730. The monoisotopic (exact) mass is 252 g/mol. The second-order valence-corrected chi connectivity index (χ2v) is 5.39. The van der Waals surface area contributed by atoms with Crippen LogP contribution in [-0.2, 0) is 4.79 Å². The second kappa shape index (κ2) is 7.35. The molecule has 0 saturated carbocycles. The Kier molecular flexibility index (Phi) is 6.08. The van der Waals surface area contributed by atoms with Crippen LogP contribution in [0.1, 0.15) is 20.3 Å². The van der Waals surface area contributed by atoms with Gasteiger partial charge in [0.25, 0.3) is 0 Å². The van der Waals surface area contributed by atoms with Gasteiger partial charge in [-0.15, -0.1) is 11.8 Å². The SMILES string of the molecule is CC(C)NC(CCSc1ccccc1)C(N)=O. The van der Waals surface area contributed by atoms with E-state index in [1.165, 1.54) is 4.90 Å². The Balaban J connectivity index is 2.35. The van der Waals surface area contributed by atoms with E-state index >= 15 is 0 Å². The van der Waals surface area contributed by atoms with Crippen molar-refractivity contribution in [3.05, 3.63) is 30.3 Å². The highest BCUT2D eigenvalue weighted by Gasteiger charge is 2.15. The number of primary amides is 1. The average molecular weight is 252 g/mol. The third kappa shape index (κ3) is 5.75. The first kappa shape index (κ1) is 14.1. The molecule has 0 bridgehead atoms. The van der Waals surface area contributed by atoms with Crippen LogP contribution in [0.2, 0.25) is 0 Å². The summed E-state index contributed by atoms with van der Waals surface area (Å²) >= 11 is 1.75. The molecule has 0 aromatic heterocycles. The lowest BCUT2D eigenvalue weighted by Gasteiger charge is -2.17. The summed E-state index contributed by atoms with van der Waals surface area (Å²) in [6.45, 7) is 4.03. The van der Waals surface area contributed by atoms with Gasteiger partial charge in [0, 0.05) is 10.9 Å². The van der Waals surface area contributed by atoms with E-state index in [2.05, 4.69) is 17.4 Å². The van der Waals surface area contributed by atoms with Crippen LogP contribution in [0.5, 0.6) is 0 Å². The number of hydrogen-bond donors (Lipinski definition) is 2. The van der Waals surface area contributed by atoms with Gasteiger partial charge >= 0.3 is 0 Å². The molecule has 17 heavy (non-hydrogen) atoms. The van der Waals surface area contributed by atoms with Crippen LogP contribution >= 0.6 is 11.8 Å². The zero-order chi connectivity index (χ0) is 12.7. The Labute approximate surface area is 107 Å². The maximum absolute atomic E-state index is 11.2. The fourth-order valence-electron chi connectivity index (χ4n) is 1.52. The molecular weight excluding hydrogens is 232 g/mol. The van der Waals surface area contributed by atoms with E-state index in [1.54, 1.807) is 11.8 Å². The molecule has 3 nitrogen and oxygen atoms in total. The topological polar surface area (TPSA) is 55.1 Å². The number of rotatable bonds is 7. The van der Waals surface area contributed by atoms with Crippen molar-refractivity contribution in [1.82, 2.24) is 5.32 Å².